The molecular weight excluding hydrogens is 173 g/mol. The summed E-state index contributed by atoms with van der Waals surface area (Å²) >= 11 is -0.333. The second-order valence-electron chi connectivity index (χ2n) is 1.88. The first-order valence-electron chi connectivity index (χ1n) is 6.75. The molecule has 0 N–H and O–H groups in total. The van der Waals surface area contributed by atoms with Gasteiger partial charge in [0.15, 0.2) is 0 Å². The van der Waals surface area contributed by atoms with Gasteiger partial charge in [0.05, 0.1) is 0 Å². The maximum atomic E-state index is 6.86. The van der Waals surface area contributed by atoms with Gasteiger partial charge in [-0.25, -0.2) is 0 Å². The first-order valence-corrected chi connectivity index (χ1v) is 10.0. The van der Waals surface area contributed by atoms with Crippen LogP contribution in [0.4, 0.5) is 0 Å². The molecule has 0 saturated heterocycles. The molecule has 0 unspecified atom stereocenters. The van der Waals surface area contributed by atoms with Gasteiger partial charge >= 0.3 is 31.6 Å². The fraction of sp³-hybridized carbons (Fsp3) is 1.00. The van der Waals surface area contributed by atoms with Crippen molar-refractivity contribution in [3.63, 3.8) is 0 Å². The van der Waals surface area contributed by atoms with Crippen LogP contribution in [0.15, 0.2) is 0 Å². The van der Waals surface area contributed by atoms with Crippen LogP contribution in [0.25, 0.3) is 0 Å². The van der Waals surface area contributed by atoms with Crippen LogP contribution in [0.5, 0.6) is 0 Å². The van der Waals surface area contributed by atoms with Crippen molar-refractivity contribution >= 4 is 23.1 Å². The second kappa shape index (κ2) is 7.76. The fourth-order valence-corrected chi connectivity index (χ4v) is 0. The Morgan fingerprint density at radius 1 is 1.12 bits per heavy atom. The van der Waals surface area contributed by atoms with Crippen molar-refractivity contribution in [1.29, 1.82) is 0 Å². The molecule has 0 aromatic heterocycles. The molecule has 0 aliphatic rings. The number of rotatable bonds is 0. The summed E-state index contributed by atoms with van der Waals surface area (Å²) in [5, 5.41) is 0. The Balaban J connectivity index is 0. The van der Waals surface area contributed by atoms with Crippen LogP contribution in [0.2, 0.25) is 36.7 Å². The molecule has 0 aromatic carbocycles. The molecular formula is C6H18GeSi. The van der Waals surface area contributed by atoms with Crippen molar-refractivity contribution < 1.29 is 12.3 Å². The zero-order chi connectivity index (χ0) is 14.7. The van der Waals surface area contributed by atoms with E-state index in [1.807, 2.05) is 0 Å². The first kappa shape index (κ1) is 2.12. The van der Waals surface area contributed by atoms with Gasteiger partial charge in [-0.3, -0.25) is 0 Å². The average molecular weight is 200 g/mol. The number of hydrogen-bond acceptors (Lipinski definition) is 0. The van der Waals surface area contributed by atoms with Crippen molar-refractivity contribution in [2.45, 2.75) is 36.7 Å². The molecule has 0 aliphatic heterocycles. The quantitative estimate of drug-likeness (QED) is 0.527. The van der Waals surface area contributed by atoms with Crippen LogP contribution >= 0.6 is 0 Å². The molecule has 0 atom stereocenters. The summed E-state index contributed by atoms with van der Waals surface area (Å²) < 4.78 is 61.7. The molecule has 0 nitrogen and oxygen atoms in total. The summed E-state index contributed by atoms with van der Waals surface area (Å²) in [5.41, 5.74) is 0. The molecule has 0 saturated carbocycles. The van der Waals surface area contributed by atoms with Gasteiger partial charge in [0, 0.05) is 21.1 Å². The number of hydrogen-bond donors (Lipinski definition) is 0. The van der Waals surface area contributed by atoms with E-state index in [1.165, 1.54) is 0 Å². The predicted molar refractivity (Wildman–Crippen MR) is 46.7 cm³/mol. The van der Waals surface area contributed by atoms with E-state index in [1.54, 1.807) is 0 Å². The monoisotopic (exact) mass is 201 g/mol. The van der Waals surface area contributed by atoms with Crippen molar-refractivity contribution in [2.24, 2.45) is 0 Å². The van der Waals surface area contributed by atoms with E-state index in [4.69, 9.17) is 12.3 Å². The molecule has 2 heteroatoms. The molecule has 0 spiro atoms. The molecule has 8 heavy (non-hydrogen) atoms. The third-order valence-electron chi connectivity index (χ3n) is 0. The van der Waals surface area contributed by atoms with Gasteiger partial charge < -0.3 is 0 Å². The van der Waals surface area contributed by atoms with Gasteiger partial charge in [-0.1, -0.05) is 19.4 Å². The van der Waals surface area contributed by atoms with Crippen LogP contribution < -0.4 is 0 Å². The summed E-state index contributed by atoms with van der Waals surface area (Å²) in [7, 11) is -3.39. The van der Waals surface area contributed by atoms with Gasteiger partial charge in [-0.2, -0.15) is 0 Å². The van der Waals surface area contributed by atoms with Gasteiger partial charge in [0.1, 0.15) is 0 Å². The Morgan fingerprint density at radius 3 is 1.38 bits per heavy atom. The average Bonchev–Trinajstić information content (AvgIpc) is 1.69. The van der Waals surface area contributed by atoms with Gasteiger partial charge in [-0.05, 0) is 0 Å². The third kappa shape index (κ3) is 389. The Morgan fingerprint density at radius 2 is 1.38 bits per heavy atom. The summed E-state index contributed by atoms with van der Waals surface area (Å²) in [4.78, 5) is 0. The SMILES string of the molecule is [2H]C([2H])([2H])[Si](C([2H])([2H])[2H])C([2H])([2H])[2H].[CH3][Ge]([CH3])[CH3]. The second-order valence-corrected chi connectivity index (χ2v) is 8.92. The van der Waals surface area contributed by atoms with E-state index in [2.05, 4.69) is 17.3 Å². The Labute approximate surface area is 73.0 Å². The van der Waals surface area contributed by atoms with Crippen LogP contribution in [0.1, 0.15) is 12.3 Å². The van der Waals surface area contributed by atoms with Crippen molar-refractivity contribution in [3.8, 4) is 0 Å². The van der Waals surface area contributed by atoms with Crippen LogP contribution in [-0.2, 0) is 0 Å². The Bertz CT molecular complexity index is 179. The molecule has 0 bridgehead atoms. The van der Waals surface area contributed by atoms with E-state index >= 15 is 0 Å². The molecule has 0 rings (SSSR count). The summed E-state index contributed by atoms with van der Waals surface area (Å²) in [6, 6.07) is 0. The maximum absolute atomic E-state index is 6.86. The predicted octanol–water partition coefficient (Wildman–Crippen LogP) is 2.74. The minimum atomic E-state index is -3.39. The molecule has 50 valence electrons. The van der Waals surface area contributed by atoms with E-state index in [-0.39, 0.29) is 14.3 Å². The van der Waals surface area contributed by atoms with Gasteiger partial charge in [-0.15, -0.1) is 0 Å². The zero-order valence-corrected chi connectivity index (χ0v) is 8.60. The molecule has 0 aromatic rings. The molecule has 0 aliphatic carbocycles. The zero-order valence-electron chi connectivity index (χ0n) is 14.5. The summed E-state index contributed by atoms with van der Waals surface area (Å²) in [5.74, 6) is 7.00. The summed E-state index contributed by atoms with van der Waals surface area (Å²) in [6.07, 6.45) is 0. The van der Waals surface area contributed by atoms with Crippen LogP contribution in [0.3, 0.4) is 0 Å². The van der Waals surface area contributed by atoms with E-state index < -0.39 is 28.2 Å². The minimum absolute atomic E-state index is 0.333. The van der Waals surface area contributed by atoms with E-state index in [0.717, 1.165) is 0 Å². The normalized spacial score (nSPS) is 30.4. The van der Waals surface area contributed by atoms with Crippen LogP contribution in [-0.4, -0.2) is 23.1 Å². The molecule has 0 amide bonds. The van der Waals surface area contributed by atoms with Crippen molar-refractivity contribution in [2.75, 3.05) is 0 Å². The topological polar surface area (TPSA) is 0 Å². The van der Waals surface area contributed by atoms with E-state index in [0.29, 0.717) is 0 Å². The van der Waals surface area contributed by atoms with Crippen LogP contribution in [0, 0.1) is 0 Å². The standard InChI is InChI=1S/C3H9Ge.C3H9Si/c2*1-4(2)3/h2*1-3H3/i;1D3,2D3,3D3. The Hall–Kier alpha value is 0.760. The molecule has 0 heterocycles. The first-order chi connectivity index (χ1) is 7.10. The van der Waals surface area contributed by atoms with E-state index in [9.17, 15) is 0 Å². The van der Waals surface area contributed by atoms with Gasteiger partial charge in [0.2, 0.25) is 0 Å². The van der Waals surface area contributed by atoms with Crippen molar-refractivity contribution in [1.82, 2.24) is 0 Å². The summed E-state index contributed by atoms with van der Waals surface area (Å²) in [6.45, 7) is -8.66. The molecule has 2 radical (unpaired) electrons. The Kier molecular flexibility index (Phi) is 2.06. The van der Waals surface area contributed by atoms with Gasteiger partial charge in [0.25, 0.3) is 0 Å². The molecule has 0 fully saturated rings. The van der Waals surface area contributed by atoms with Crippen molar-refractivity contribution in [3.05, 3.63) is 0 Å². The fourth-order valence-electron chi connectivity index (χ4n) is 0. The third-order valence-corrected chi connectivity index (χ3v) is 0.